The molecule has 2 bridgehead atoms. The molecule has 2 atom stereocenters. The maximum absolute atomic E-state index is 2.70. The van der Waals surface area contributed by atoms with E-state index in [1.54, 1.807) is 22.3 Å². The van der Waals surface area contributed by atoms with Gasteiger partial charge in [0.15, 0.2) is 0 Å². The lowest BCUT2D eigenvalue weighted by molar-refractivity contribution is 0.294. The van der Waals surface area contributed by atoms with Crippen LogP contribution in [0, 0.1) is 11.8 Å². The summed E-state index contributed by atoms with van der Waals surface area (Å²) in [7, 11) is 0. The van der Waals surface area contributed by atoms with Crippen LogP contribution in [0.2, 0.25) is 0 Å². The van der Waals surface area contributed by atoms with Gasteiger partial charge < -0.3 is 0 Å². The normalized spacial score (nSPS) is 28.5. The third-order valence-electron chi connectivity index (χ3n) is 6.93. The van der Waals surface area contributed by atoms with Crippen molar-refractivity contribution in [3.63, 3.8) is 0 Å². The lowest BCUT2D eigenvalue weighted by Gasteiger charge is -2.48. The summed E-state index contributed by atoms with van der Waals surface area (Å²) in [4.78, 5) is 2.70. The van der Waals surface area contributed by atoms with Gasteiger partial charge in [-0.2, -0.15) is 0 Å². The molecule has 0 saturated carbocycles. The Hall–Kier alpha value is -2.38. The van der Waals surface area contributed by atoms with Crippen molar-refractivity contribution in [1.29, 1.82) is 0 Å². The molecule has 0 amide bonds. The molecule has 0 radical (unpaired) electrons. The number of nitrogens with zero attached hydrogens (tertiary/aromatic N) is 1. The summed E-state index contributed by atoms with van der Waals surface area (Å²) in [6, 6.07) is 29.4. The van der Waals surface area contributed by atoms with Crippen LogP contribution >= 0.6 is 0 Å². The second-order valence-electron chi connectivity index (χ2n) is 8.22. The van der Waals surface area contributed by atoms with Crippen molar-refractivity contribution in [3.8, 4) is 0 Å². The monoisotopic (exact) mass is 337 g/mol. The summed E-state index contributed by atoms with van der Waals surface area (Å²) in [6.07, 6.45) is 0. The van der Waals surface area contributed by atoms with E-state index in [4.69, 9.17) is 0 Å². The van der Waals surface area contributed by atoms with Crippen molar-refractivity contribution in [1.82, 2.24) is 4.90 Å². The molecule has 1 heterocycles. The zero-order valence-corrected chi connectivity index (χ0v) is 14.9. The number of rotatable bonds is 2. The number of benzene rings is 3. The van der Waals surface area contributed by atoms with Crippen molar-refractivity contribution >= 4 is 0 Å². The molecule has 128 valence electrons. The predicted octanol–water partition coefficient (Wildman–Crippen LogP) is 5.03. The van der Waals surface area contributed by atoms with Gasteiger partial charge in [-0.1, -0.05) is 78.9 Å². The SMILES string of the molecule is c1ccc(CN2C[C@@H]3C4c5ccccc5C(c5ccccc54)[C@@H]3C2)cc1. The van der Waals surface area contributed by atoms with E-state index in [0.29, 0.717) is 11.8 Å². The van der Waals surface area contributed by atoms with E-state index in [1.807, 2.05) is 0 Å². The van der Waals surface area contributed by atoms with Gasteiger partial charge in [0.05, 0.1) is 0 Å². The van der Waals surface area contributed by atoms with E-state index in [-0.39, 0.29) is 0 Å². The lowest BCUT2D eigenvalue weighted by Crippen LogP contribution is -2.39. The van der Waals surface area contributed by atoms with Crippen molar-refractivity contribution in [2.75, 3.05) is 13.1 Å². The highest BCUT2D eigenvalue weighted by molar-refractivity contribution is 5.57. The Labute approximate surface area is 155 Å². The Bertz CT molecular complexity index is 855. The van der Waals surface area contributed by atoms with Gasteiger partial charge in [0.1, 0.15) is 0 Å². The minimum atomic E-state index is 0.582. The Morgan fingerprint density at radius 1 is 0.577 bits per heavy atom. The molecule has 1 nitrogen and oxygen atoms in total. The maximum atomic E-state index is 2.70. The highest BCUT2D eigenvalue weighted by Gasteiger charge is 2.52. The molecule has 0 unspecified atom stereocenters. The molecule has 7 rings (SSSR count). The summed E-state index contributed by atoms with van der Waals surface area (Å²) >= 11 is 0. The van der Waals surface area contributed by atoms with E-state index in [0.717, 1.165) is 18.4 Å². The smallest absolute Gasteiger partial charge is 0.0233 e. The molecule has 3 aromatic rings. The second kappa shape index (κ2) is 5.56. The summed E-state index contributed by atoms with van der Waals surface area (Å²) < 4.78 is 0. The van der Waals surface area contributed by atoms with Gasteiger partial charge in [-0.3, -0.25) is 4.90 Å². The highest BCUT2D eigenvalue weighted by Crippen LogP contribution is 2.60. The van der Waals surface area contributed by atoms with Crippen LogP contribution in [0.5, 0.6) is 0 Å². The number of hydrogen-bond acceptors (Lipinski definition) is 1. The van der Waals surface area contributed by atoms with Crippen LogP contribution in [0.3, 0.4) is 0 Å². The fourth-order valence-electron chi connectivity index (χ4n) is 6.03. The van der Waals surface area contributed by atoms with Crippen molar-refractivity contribution in [3.05, 3.63) is 107 Å². The topological polar surface area (TPSA) is 3.24 Å². The van der Waals surface area contributed by atoms with E-state index >= 15 is 0 Å². The molecular formula is C25H23N. The lowest BCUT2D eigenvalue weighted by atomic mass is 9.55. The largest absolute Gasteiger partial charge is 0.298 e. The quantitative estimate of drug-likeness (QED) is 0.634. The van der Waals surface area contributed by atoms with Gasteiger partial charge in [-0.05, 0) is 39.7 Å². The summed E-state index contributed by atoms with van der Waals surface area (Å²) in [5, 5.41) is 0. The third-order valence-corrected chi connectivity index (χ3v) is 6.93. The van der Waals surface area contributed by atoms with Gasteiger partial charge in [-0.25, -0.2) is 0 Å². The van der Waals surface area contributed by atoms with Gasteiger partial charge >= 0.3 is 0 Å². The van der Waals surface area contributed by atoms with Crippen LogP contribution in [0.15, 0.2) is 78.9 Å². The van der Waals surface area contributed by atoms with E-state index < -0.39 is 0 Å². The van der Waals surface area contributed by atoms with E-state index in [9.17, 15) is 0 Å². The van der Waals surface area contributed by atoms with Gasteiger partial charge in [-0.15, -0.1) is 0 Å². The van der Waals surface area contributed by atoms with Crippen LogP contribution in [-0.2, 0) is 6.54 Å². The van der Waals surface area contributed by atoms with Gasteiger partial charge in [0, 0.05) is 31.5 Å². The summed E-state index contributed by atoms with van der Waals surface area (Å²) in [5.74, 6) is 2.68. The zero-order valence-electron chi connectivity index (χ0n) is 14.9. The molecular weight excluding hydrogens is 314 g/mol. The first-order valence-corrected chi connectivity index (χ1v) is 9.84. The number of likely N-dealkylation sites (tertiary alicyclic amines) is 1. The second-order valence-corrected chi connectivity index (χ2v) is 8.22. The summed E-state index contributed by atoms with van der Waals surface area (Å²) in [5.41, 5.74) is 7.82. The molecule has 3 aliphatic carbocycles. The molecule has 1 heteroatoms. The minimum absolute atomic E-state index is 0.582. The van der Waals surface area contributed by atoms with Crippen LogP contribution in [0.4, 0.5) is 0 Å². The molecule has 1 saturated heterocycles. The van der Waals surface area contributed by atoms with E-state index in [1.165, 1.54) is 18.7 Å². The molecule has 1 fully saturated rings. The zero-order chi connectivity index (χ0) is 17.1. The fourth-order valence-corrected chi connectivity index (χ4v) is 6.03. The molecule has 1 aliphatic heterocycles. The number of hydrogen-bond donors (Lipinski definition) is 0. The van der Waals surface area contributed by atoms with E-state index in [2.05, 4.69) is 83.8 Å². The first-order chi connectivity index (χ1) is 12.9. The first-order valence-electron chi connectivity index (χ1n) is 9.84. The van der Waals surface area contributed by atoms with Crippen molar-refractivity contribution < 1.29 is 0 Å². The molecule has 0 spiro atoms. The Kier molecular flexibility index (Phi) is 3.15. The standard InChI is InChI=1S/C25H23N/c1-2-8-17(9-3-1)14-26-15-22-23(16-26)25-19-11-5-4-10-18(19)24(22)20-12-6-7-13-21(20)25/h1-13,22-25H,14-16H2/t22-,23+,24?,25?. The van der Waals surface area contributed by atoms with Crippen molar-refractivity contribution in [2.45, 2.75) is 18.4 Å². The fraction of sp³-hybridized carbons (Fsp3) is 0.280. The van der Waals surface area contributed by atoms with Crippen molar-refractivity contribution in [2.24, 2.45) is 11.8 Å². The molecule has 0 N–H and O–H groups in total. The molecule has 0 aromatic heterocycles. The van der Waals surface area contributed by atoms with Gasteiger partial charge in [0.2, 0.25) is 0 Å². The maximum Gasteiger partial charge on any atom is 0.0233 e. The average molecular weight is 337 g/mol. The average Bonchev–Trinajstić information content (AvgIpc) is 3.12. The Morgan fingerprint density at radius 2 is 1.00 bits per heavy atom. The Balaban J connectivity index is 1.41. The summed E-state index contributed by atoms with van der Waals surface area (Å²) in [6.45, 7) is 3.53. The molecule has 4 aliphatic rings. The first kappa shape index (κ1) is 14.8. The molecule has 3 aromatic carbocycles. The van der Waals surface area contributed by atoms with Crippen LogP contribution in [-0.4, -0.2) is 18.0 Å². The highest BCUT2D eigenvalue weighted by atomic mass is 15.2. The van der Waals surface area contributed by atoms with Crippen LogP contribution < -0.4 is 0 Å². The Morgan fingerprint density at radius 3 is 1.46 bits per heavy atom. The van der Waals surface area contributed by atoms with Crippen LogP contribution in [0.25, 0.3) is 0 Å². The third kappa shape index (κ3) is 2.01. The van der Waals surface area contributed by atoms with Crippen LogP contribution in [0.1, 0.15) is 39.7 Å². The predicted molar refractivity (Wildman–Crippen MR) is 105 cm³/mol. The van der Waals surface area contributed by atoms with Gasteiger partial charge in [0.25, 0.3) is 0 Å². The molecule has 26 heavy (non-hydrogen) atoms. The minimum Gasteiger partial charge on any atom is -0.298 e.